The second-order valence-electron chi connectivity index (χ2n) is 5.59. The fourth-order valence-electron chi connectivity index (χ4n) is 3.04. The largest absolute Gasteiger partial charge is 0.367 e. The van der Waals surface area contributed by atoms with E-state index in [2.05, 4.69) is 5.10 Å². The van der Waals surface area contributed by atoms with Crippen LogP contribution in [0.4, 0.5) is 0 Å². The maximum Gasteiger partial charge on any atom is 0.256 e. The summed E-state index contributed by atoms with van der Waals surface area (Å²) in [5.41, 5.74) is 0.899. The number of rotatable bonds is 4. The van der Waals surface area contributed by atoms with Gasteiger partial charge in [0.05, 0.1) is 6.04 Å². The lowest BCUT2D eigenvalue weighted by Gasteiger charge is -2.34. The van der Waals surface area contributed by atoms with Gasteiger partial charge in [0.1, 0.15) is 0 Å². The van der Waals surface area contributed by atoms with Gasteiger partial charge in [0.2, 0.25) is 0 Å². The molecule has 0 N–H and O–H groups in total. The van der Waals surface area contributed by atoms with Crippen molar-refractivity contribution in [1.29, 1.82) is 0 Å². The third-order valence-electron chi connectivity index (χ3n) is 4.17. The quantitative estimate of drug-likeness (QED) is 0.871. The van der Waals surface area contributed by atoms with Crippen LogP contribution in [0.3, 0.4) is 0 Å². The average molecular weight is 299 g/mol. The Bertz CT molecular complexity index is 598. The van der Waals surface area contributed by atoms with Crippen molar-refractivity contribution in [3.63, 3.8) is 0 Å². The maximum absolute atomic E-state index is 12.8. The highest BCUT2D eigenvalue weighted by atomic mass is 16.5. The monoisotopic (exact) mass is 299 g/mol. The van der Waals surface area contributed by atoms with Gasteiger partial charge in [-0.25, -0.2) is 0 Å². The molecule has 0 bridgehead atoms. The average Bonchev–Trinajstić information content (AvgIpc) is 3.11. The molecule has 2 atom stereocenters. The normalized spacial score (nSPS) is 19.9. The van der Waals surface area contributed by atoms with Gasteiger partial charge in [0.25, 0.3) is 5.91 Å². The van der Waals surface area contributed by atoms with Crippen molar-refractivity contribution in [1.82, 2.24) is 14.7 Å². The lowest BCUT2D eigenvalue weighted by Crippen LogP contribution is -2.43. The molecule has 5 heteroatoms. The van der Waals surface area contributed by atoms with Crippen molar-refractivity contribution in [2.45, 2.75) is 25.0 Å². The molecule has 5 nitrogen and oxygen atoms in total. The minimum absolute atomic E-state index is 0.0329. The lowest BCUT2D eigenvalue weighted by molar-refractivity contribution is -0.144. The predicted molar refractivity (Wildman–Crippen MR) is 83.3 cm³/mol. The first kappa shape index (κ1) is 14.8. The van der Waals surface area contributed by atoms with E-state index < -0.39 is 6.10 Å². The van der Waals surface area contributed by atoms with Gasteiger partial charge < -0.3 is 9.64 Å². The van der Waals surface area contributed by atoms with Crippen LogP contribution in [-0.4, -0.2) is 40.8 Å². The van der Waals surface area contributed by atoms with Gasteiger partial charge in [0.15, 0.2) is 6.10 Å². The number of hydrogen-bond acceptors (Lipinski definition) is 3. The Morgan fingerprint density at radius 2 is 2.14 bits per heavy atom. The summed E-state index contributed by atoms with van der Waals surface area (Å²) in [5, 5.41) is 4.30. The van der Waals surface area contributed by atoms with Crippen molar-refractivity contribution in [3.05, 3.63) is 54.4 Å². The Hall–Kier alpha value is -2.14. The van der Waals surface area contributed by atoms with Crippen LogP contribution in [0.25, 0.3) is 0 Å². The summed E-state index contributed by atoms with van der Waals surface area (Å²) in [6.45, 7) is 1.47. The molecular formula is C17H21N3O2. The van der Waals surface area contributed by atoms with Crippen molar-refractivity contribution in [2.24, 2.45) is 0 Å². The van der Waals surface area contributed by atoms with Gasteiger partial charge in [0, 0.05) is 32.6 Å². The Morgan fingerprint density at radius 3 is 2.82 bits per heavy atom. The third-order valence-corrected chi connectivity index (χ3v) is 4.17. The fourth-order valence-corrected chi connectivity index (χ4v) is 3.04. The zero-order valence-corrected chi connectivity index (χ0v) is 12.8. The van der Waals surface area contributed by atoms with Crippen LogP contribution in [0.2, 0.25) is 0 Å². The van der Waals surface area contributed by atoms with Crippen molar-refractivity contribution in [3.8, 4) is 0 Å². The third kappa shape index (κ3) is 3.04. The van der Waals surface area contributed by atoms with Crippen LogP contribution in [-0.2, 0) is 9.53 Å². The van der Waals surface area contributed by atoms with E-state index in [1.807, 2.05) is 52.2 Å². The number of hydrogen-bond donors (Lipinski definition) is 0. The number of piperidine rings is 1. The Kier molecular flexibility index (Phi) is 4.53. The van der Waals surface area contributed by atoms with Gasteiger partial charge in [-0.2, -0.15) is 5.10 Å². The molecule has 0 spiro atoms. The first-order valence-electron chi connectivity index (χ1n) is 7.65. The zero-order valence-electron chi connectivity index (χ0n) is 12.8. The topological polar surface area (TPSA) is 47.4 Å². The van der Waals surface area contributed by atoms with E-state index in [1.165, 1.54) is 0 Å². The van der Waals surface area contributed by atoms with Crippen molar-refractivity contribution < 1.29 is 9.53 Å². The highest BCUT2D eigenvalue weighted by molar-refractivity contribution is 5.82. The van der Waals surface area contributed by atoms with Crippen LogP contribution < -0.4 is 0 Å². The van der Waals surface area contributed by atoms with Gasteiger partial charge in [-0.1, -0.05) is 30.3 Å². The van der Waals surface area contributed by atoms with E-state index in [1.54, 1.807) is 13.3 Å². The van der Waals surface area contributed by atoms with Gasteiger partial charge in [-0.05, 0) is 24.5 Å². The fraction of sp³-hybridized carbons (Fsp3) is 0.412. The molecule has 0 saturated carbocycles. The molecule has 1 aliphatic rings. The number of methoxy groups -OCH3 is 1. The molecule has 1 aromatic heterocycles. The van der Waals surface area contributed by atoms with E-state index in [9.17, 15) is 4.79 Å². The van der Waals surface area contributed by atoms with Crippen LogP contribution in [0.5, 0.6) is 0 Å². The van der Waals surface area contributed by atoms with Crippen molar-refractivity contribution >= 4 is 5.91 Å². The molecule has 0 unspecified atom stereocenters. The standard InChI is InChI=1S/C17H21N3O2/c1-22-16(14-7-3-2-4-8-14)17(21)19-11-5-9-15(13-19)20-12-6-10-18-20/h2-4,6-8,10,12,15-16H,5,9,11,13H2,1H3/t15-,16+/m1/s1. The molecule has 116 valence electrons. The van der Waals surface area contributed by atoms with E-state index in [0.29, 0.717) is 6.54 Å². The van der Waals surface area contributed by atoms with E-state index in [4.69, 9.17) is 4.74 Å². The summed E-state index contributed by atoms with van der Waals surface area (Å²) in [6, 6.07) is 11.8. The maximum atomic E-state index is 12.8. The first-order chi connectivity index (χ1) is 10.8. The lowest BCUT2D eigenvalue weighted by atomic mass is 10.0. The smallest absolute Gasteiger partial charge is 0.256 e. The van der Waals surface area contributed by atoms with Crippen LogP contribution in [0, 0.1) is 0 Å². The molecule has 2 heterocycles. The predicted octanol–water partition coefficient (Wildman–Crippen LogP) is 2.43. The highest BCUT2D eigenvalue weighted by Crippen LogP contribution is 2.25. The molecule has 1 amide bonds. The summed E-state index contributed by atoms with van der Waals surface area (Å²) in [7, 11) is 1.59. The Balaban J connectivity index is 1.73. The molecule has 0 aliphatic carbocycles. The molecule has 1 aromatic carbocycles. The van der Waals surface area contributed by atoms with E-state index in [0.717, 1.165) is 24.9 Å². The van der Waals surface area contributed by atoms with Gasteiger partial charge >= 0.3 is 0 Å². The molecule has 2 aromatic rings. The molecule has 3 rings (SSSR count). The molecule has 0 radical (unpaired) electrons. The summed E-state index contributed by atoms with van der Waals surface area (Å²) in [4.78, 5) is 14.7. The summed E-state index contributed by atoms with van der Waals surface area (Å²) >= 11 is 0. The molecule has 1 fully saturated rings. The molecular weight excluding hydrogens is 278 g/mol. The molecule has 1 saturated heterocycles. The van der Waals surface area contributed by atoms with E-state index in [-0.39, 0.29) is 11.9 Å². The van der Waals surface area contributed by atoms with Gasteiger partial charge in [-0.15, -0.1) is 0 Å². The van der Waals surface area contributed by atoms with Crippen molar-refractivity contribution in [2.75, 3.05) is 20.2 Å². The Labute approximate surface area is 130 Å². The number of nitrogens with zero attached hydrogens (tertiary/aromatic N) is 3. The van der Waals surface area contributed by atoms with Crippen LogP contribution in [0.15, 0.2) is 48.8 Å². The van der Waals surface area contributed by atoms with Crippen LogP contribution >= 0.6 is 0 Å². The Morgan fingerprint density at radius 1 is 1.32 bits per heavy atom. The number of carbonyl (C=O) groups excluding carboxylic acids is 1. The van der Waals surface area contributed by atoms with Crippen LogP contribution in [0.1, 0.15) is 30.6 Å². The summed E-state index contributed by atoms with van der Waals surface area (Å²) < 4.78 is 7.41. The van der Waals surface area contributed by atoms with E-state index >= 15 is 0 Å². The molecule has 22 heavy (non-hydrogen) atoms. The molecule has 1 aliphatic heterocycles. The number of benzene rings is 1. The number of amides is 1. The minimum Gasteiger partial charge on any atom is -0.367 e. The van der Waals surface area contributed by atoms with Gasteiger partial charge in [-0.3, -0.25) is 9.48 Å². The SMILES string of the molecule is CO[C@H](C(=O)N1CCC[C@@H](n2cccn2)C1)c1ccccc1. The number of carbonyl (C=O) groups is 1. The summed E-state index contributed by atoms with van der Waals surface area (Å²) in [5.74, 6) is 0.0329. The number of likely N-dealkylation sites (tertiary alicyclic amines) is 1. The second kappa shape index (κ2) is 6.75. The highest BCUT2D eigenvalue weighted by Gasteiger charge is 2.30. The first-order valence-corrected chi connectivity index (χ1v) is 7.65. The summed E-state index contributed by atoms with van der Waals surface area (Å²) in [6.07, 6.45) is 5.25. The zero-order chi connectivity index (χ0) is 15.4. The minimum atomic E-state index is -0.530. The number of aromatic nitrogens is 2. The second-order valence-corrected chi connectivity index (χ2v) is 5.59. The number of ether oxygens (including phenoxy) is 1.